The van der Waals surface area contributed by atoms with Crippen molar-refractivity contribution in [2.45, 2.75) is 13.8 Å². The molecular weight excluding hydrogens is 223 g/mol. The smallest absolute Gasteiger partial charge is 0.260 e. The van der Waals surface area contributed by atoms with Crippen molar-refractivity contribution in [1.82, 2.24) is 4.90 Å². The number of amides is 1. The molecule has 0 saturated carbocycles. The highest BCUT2D eigenvalue weighted by Crippen LogP contribution is 2.23. The molecule has 0 aliphatic carbocycles. The normalized spacial score (nSPS) is 10.1. The van der Waals surface area contributed by atoms with Crippen molar-refractivity contribution in [3.8, 4) is 5.75 Å². The summed E-state index contributed by atoms with van der Waals surface area (Å²) < 4.78 is 18.6. The standard InChI is InChI=1S/C12H17FN2O2/c1-4-15(3)12(16)7-17-11-5-8(2)10(14)6-9(11)13/h5-6H,4,7,14H2,1-3H3. The first-order valence-corrected chi connectivity index (χ1v) is 5.38. The number of ether oxygens (including phenoxy) is 1. The van der Waals surface area contributed by atoms with E-state index in [4.69, 9.17) is 10.5 Å². The van der Waals surface area contributed by atoms with Gasteiger partial charge in [0.25, 0.3) is 5.91 Å². The first-order valence-electron chi connectivity index (χ1n) is 5.38. The van der Waals surface area contributed by atoms with E-state index in [-0.39, 0.29) is 18.3 Å². The Bertz CT molecular complexity index is 421. The largest absolute Gasteiger partial charge is 0.481 e. The number of rotatable bonds is 4. The molecule has 0 atom stereocenters. The Kier molecular flexibility index (Phi) is 4.31. The molecule has 1 aromatic carbocycles. The summed E-state index contributed by atoms with van der Waals surface area (Å²) in [5, 5.41) is 0. The van der Waals surface area contributed by atoms with Crippen LogP contribution >= 0.6 is 0 Å². The second kappa shape index (κ2) is 5.52. The zero-order valence-electron chi connectivity index (χ0n) is 10.3. The fourth-order valence-corrected chi connectivity index (χ4v) is 1.21. The Hall–Kier alpha value is -1.78. The van der Waals surface area contributed by atoms with Gasteiger partial charge in [-0.05, 0) is 25.5 Å². The monoisotopic (exact) mass is 240 g/mol. The van der Waals surface area contributed by atoms with Gasteiger partial charge < -0.3 is 15.4 Å². The van der Waals surface area contributed by atoms with Crippen LogP contribution in [0, 0.1) is 12.7 Å². The van der Waals surface area contributed by atoms with Crippen LogP contribution in [0.3, 0.4) is 0 Å². The van der Waals surface area contributed by atoms with Gasteiger partial charge in [-0.25, -0.2) is 4.39 Å². The molecule has 1 amide bonds. The summed E-state index contributed by atoms with van der Waals surface area (Å²) in [4.78, 5) is 13.0. The molecule has 0 fully saturated rings. The lowest BCUT2D eigenvalue weighted by atomic mass is 10.2. The quantitative estimate of drug-likeness (QED) is 0.813. The van der Waals surface area contributed by atoms with E-state index in [1.165, 1.54) is 17.0 Å². The molecule has 0 radical (unpaired) electrons. The molecule has 0 aromatic heterocycles. The van der Waals surface area contributed by atoms with E-state index in [1.54, 1.807) is 14.0 Å². The number of hydrogen-bond acceptors (Lipinski definition) is 3. The highest BCUT2D eigenvalue weighted by molar-refractivity contribution is 5.77. The van der Waals surface area contributed by atoms with Gasteiger partial charge in [0.15, 0.2) is 18.2 Å². The fourth-order valence-electron chi connectivity index (χ4n) is 1.21. The van der Waals surface area contributed by atoms with Gasteiger partial charge in [0.2, 0.25) is 0 Å². The molecule has 17 heavy (non-hydrogen) atoms. The molecule has 1 rings (SSSR count). The highest BCUT2D eigenvalue weighted by Gasteiger charge is 2.11. The van der Waals surface area contributed by atoms with E-state index in [0.717, 1.165) is 5.56 Å². The van der Waals surface area contributed by atoms with Gasteiger partial charge in [-0.15, -0.1) is 0 Å². The van der Waals surface area contributed by atoms with E-state index >= 15 is 0 Å². The average molecular weight is 240 g/mol. The van der Waals surface area contributed by atoms with Crippen LogP contribution in [0.5, 0.6) is 5.75 Å². The number of anilines is 1. The van der Waals surface area contributed by atoms with Crippen molar-refractivity contribution in [2.24, 2.45) is 0 Å². The molecule has 1 aromatic rings. The van der Waals surface area contributed by atoms with Crippen LogP contribution in [0.1, 0.15) is 12.5 Å². The molecule has 0 aliphatic rings. The van der Waals surface area contributed by atoms with Crippen LogP contribution in [-0.4, -0.2) is 31.0 Å². The summed E-state index contributed by atoms with van der Waals surface area (Å²) >= 11 is 0. The Labute approximate surface area is 100 Å². The van der Waals surface area contributed by atoms with Crippen LogP contribution in [0.15, 0.2) is 12.1 Å². The SMILES string of the molecule is CCN(C)C(=O)COc1cc(C)c(N)cc1F. The average Bonchev–Trinajstić information content (AvgIpc) is 2.30. The van der Waals surface area contributed by atoms with Crippen molar-refractivity contribution in [2.75, 3.05) is 25.9 Å². The molecule has 0 unspecified atom stereocenters. The lowest BCUT2D eigenvalue weighted by Gasteiger charge is -2.15. The number of nitrogens with two attached hydrogens (primary N) is 1. The summed E-state index contributed by atoms with van der Waals surface area (Å²) in [5.41, 5.74) is 6.63. The lowest BCUT2D eigenvalue weighted by molar-refractivity contribution is -0.131. The molecule has 0 aliphatic heterocycles. The zero-order valence-corrected chi connectivity index (χ0v) is 10.3. The van der Waals surface area contributed by atoms with Gasteiger partial charge in [0.05, 0.1) is 0 Å². The van der Waals surface area contributed by atoms with Crippen molar-refractivity contribution >= 4 is 11.6 Å². The number of hydrogen-bond donors (Lipinski definition) is 1. The van der Waals surface area contributed by atoms with E-state index in [1.807, 2.05) is 6.92 Å². The molecule has 2 N–H and O–H groups in total. The Morgan fingerprint density at radius 3 is 2.76 bits per heavy atom. The highest BCUT2D eigenvalue weighted by atomic mass is 19.1. The number of nitrogen functional groups attached to an aromatic ring is 1. The van der Waals surface area contributed by atoms with Gasteiger partial charge in [0, 0.05) is 25.3 Å². The third-order valence-electron chi connectivity index (χ3n) is 2.57. The van der Waals surface area contributed by atoms with Crippen LogP contribution in [0.4, 0.5) is 10.1 Å². The minimum Gasteiger partial charge on any atom is -0.481 e. The number of halogens is 1. The van der Waals surface area contributed by atoms with E-state index in [2.05, 4.69) is 0 Å². The number of benzene rings is 1. The topological polar surface area (TPSA) is 55.6 Å². The van der Waals surface area contributed by atoms with Gasteiger partial charge >= 0.3 is 0 Å². The van der Waals surface area contributed by atoms with Gasteiger partial charge in [-0.1, -0.05) is 0 Å². The number of carbonyl (C=O) groups is 1. The fraction of sp³-hybridized carbons (Fsp3) is 0.417. The summed E-state index contributed by atoms with van der Waals surface area (Å²) in [6.45, 7) is 4.02. The first kappa shape index (κ1) is 13.3. The number of aryl methyl sites for hydroxylation is 1. The Morgan fingerprint density at radius 1 is 1.53 bits per heavy atom. The zero-order chi connectivity index (χ0) is 13.0. The van der Waals surface area contributed by atoms with E-state index in [0.29, 0.717) is 12.2 Å². The van der Waals surface area contributed by atoms with Gasteiger partial charge in [0.1, 0.15) is 0 Å². The number of carbonyl (C=O) groups excluding carboxylic acids is 1. The maximum absolute atomic E-state index is 13.4. The minimum absolute atomic E-state index is 0.0505. The Balaban J connectivity index is 2.70. The molecule has 94 valence electrons. The van der Waals surface area contributed by atoms with E-state index in [9.17, 15) is 9.18 Å². The van der Waals surface area contributed by atoms with Crippen LogP contribution in [-0.2, 0) is 4.79 Å². The van der Waals surface area contributed by atoms with Gasteiger partial charge in [-0.2, -0.15) is 0 Å². The molecule has 5 heteroatoms. The Morgan fingerprint density at radius 2 is 2.18 bits per heavy atom. The van der Waals surface area contributed by atoms with Gasteiger partial charge in [-0.3, -0.25) is 4.79 Å². The molecule has 0 heterocycles. The van der Waals surface area contributed by atoms with E-state index < -0.39 is 5.82 Å². The van der Waals surface area contributed by atoms with Crippen molar-refractivity contribution in [1.29, 1.82) is 0 Å². The minimum atomic E-state index is -0.556. The predicted octanol–water partition coefficient (Wildman–Crippen LogP) is 1.57. The van der Waals surface area contributed by atoms with Crippen LogP contribution < -0.4 is 10.5 Å². The first-order chi connectivity index (χ1) is 7.95. The van der Waals surface area contributed by atoms with Crippen molar-refractivity contribution in [3.05, 3.63) is 23.5 Å². The maximum Gasteiger partial charge on any atom is 0.260 e. The molecule has 4 nitrogen and oxygen atoms in total. The third kappa shape index (κ3) is 3.34. The van der Waals surface area contributed by atoms with Crippen LogP contribution in [0.2, 0.25) is 0 Å². The summed E-state index contributed by atoms with van der Waals surface area (Å²) in [7, 11) is 1.66. The molecule has 0 spiro atoms. The third-order valence-corrected chi connectivity index (χ3v) is 2.57. The summed E-state index contributed by atoms with van der Waals surface area (Å²) in [6, 6.07) is 2.68. The maximum atomic E-state index is 13.4. The molecule has 0 bridgehead atoms. The number of nitrogens with zero attached hydrogens (tertiary/aromatic N) is 1. The van der Waals surface area contributed by atoms with Crippen molar-refractivity contribution in [3.63, 3.8) is 0 Å². The summed E-state index contributed by atoms with van der Waals surface area (Å²) in [6.07, 6.45) is 0. The second-order valence-corrected chi connectivity index (χ2v) is 3.84. The number of likely N-dealkylation sites (N-methyl/N-ethyl adjacent to an activating group) is 1. The van der Waals surface area contributed by atoms with Crippen LogP contribution in [0.25, 0.3) is 0 Å². The summed E-state index contributed by atoms with van der Waals surface area (Å²) in [5.74, 6) is -0.698. The second-order valence-electron chi connectivity index (χ2n) is 3.84. The molecule has 0 saturated heterocycles. The predicted molar refractivity (Wildman–Crippen MR) is 64.4 cm³/mol. The molecular formula is C12H17FN2O2. The van der Waals surface area contributed by atoms with Crippen molar-refractivity contribution < 1.29 is 13.9 Å². The lowest BCUT2D eigenvalue weighted by Crippen LogP contribution is -2.31.